The summed E-state index contributed by atoms with van der Waals surface area (Å²) in [7, 11) is 3.43. The molecular formula is C16H18N2O3. The van der Waals surface area contributed by atoms with Gasteiger partial charge in [-0.05, 0) is 19.1 Å². The molecule has 3 rings (SSSR count). The van der Waals surface area contributed by atoms with Gasteiger partial charge in [-0.2, -0.15) is 0 Å². The van der Waals surface area contributed by atoms with Crippen LogP contribution in [0, 0.1) is 0 Å². The van der Waals surface area contributed by atoms with E-state index in [1.165, 1.54) is 4.90 Å². The minimum absolute atomic E-state index is 0.0135. The molecule has 2 aromatic rings. The number of H-pyrrole nitrogens is 1. The molecule has 1 amide bonds. The molecule has 1 N–H and O–H groups in total. The molecule has 1 atom stereocenters. The van der Waals surface area contributed by atoms with Crippen LogP contribution in [0.4, 0.5) is 0 Å². The largest absolute Gasteiger partial charge is 0.364 e. The minimum Gasteiger partial charge on any atom is -0.364 e. The molecule has 0 saturated carbocycles. The summed E-state index contributed by atoms with van der Waals surface area (Å²) in [6, 6.07) is 7.38. The lowest BCUT2D eigenvalue weighted by atomic mass is 9.94. The number of aromatic amines is 1. The van der Waals surface area contributed by atoms with Gasteiger partial charge in [-0.25, -0.2) is 0 Å². The van der Waals surface area contributed by atoms with Gasteiger partial charge in [0.25, 0.3) is 0 Å². The van der Waals surface area contributed by atoms with Crippen LogP contribution in [0.25, 0.3) is 10.9 Å². The zero-order valence-electron chi connectivity index (χ0n) is 12.4. The maximum Gasteiger partial charge on any atom is 0.225 e. The van der Waals surface area contributed by atoms with E-state index in [4.69, 9.17) is 4.74 Å². The average molecular weight is 286 g/mol. The number of carbonyl (C=O) groups is 1. The molecule has 5 heteroatoms. The van der Waals surface area contributed by atoms with Crippen molar-refractivity contribution in [3.05, 3.63) is 45.7 Å². The highest BCUT2D eigenvalue weighted by atomic mass is 16.5. The lowest BCUT2D eigenvalue weighted by Gasteiger charge is -2.25. The van der Waals surface area contributed by atoms with Crippen LogP contribution in [-0.4, -0.2) is 29.9 Å². The number of aromatic nitrogens is 1. The number of benzene rings is 1. The van der Waals surface area contributed by atoms with Crippen molar-refractivity contribution in [1.82, 2.24) is 9.88 Å². The van der Waals surface area contributed by atoms with Gasteiger partial charge >= 0.3 is 0 Å². The number of para-hydroxylation sites is 1. The predicted octanol–water partition coefficient (Wildman–Crippen LogP) is 1.75. The highest BCUT2D eigenvalue weighted by Crippen LogP contribution is 2.37. The maximum atomic E-state index is 12.5. The first-order chi connectivity index (χ1) is 9.92. The second-order valence-electron chi connectivity index (χ2n) is 5.84. The molecule has 0 radical (unpaired) electrons. The van der Waals surface area contributed by atoms with Gasteiger partial charge in [0.05, 0.1) is 18.7 Å². The van der Waals surface area contributed by atoms with Gasteiger partial charge in [-0.1, -0.05) is 12.1 Å². The molecule has 1 unspecified atom stereocenters. The molecule has 0 saturated heterocycles. The van der Waals surface area contributed by atoms with Gasteiger partial charge in [-0.15, -0.1) is 0 Å². The molecule has 1 aliphatic rings. The van der Waals surface area contributed by atoms with Crippen LogP contribution in [0.3, 0.4) is 0 Å². The lowest BCUT2D eigenvalue weighted by molar-refractivity contribution is -0.136. The molecule has 0 fully saturated rings. The summed E-state index contributed by atoms with van der Waals surface area (Å²) in [6.07, 6.45) is 0.210. The molecule has 1 aliphatic heterocycles. The second kappa shape index (κ2) is 4.70. The van der Waals surface area contributed by atoms with Crippen molar-refractivity contribution < 1.29 is 9.53 Å². The van der Waals surface area contributed by atoms with E-state index in [2.05, 4.69) is 4.98 Å². The van der Waals surface area contributed by atoms with Crippen molar-refractivity contribution >= 4 is 16.8 Å². The van der Waals surface area contributed by atoms with Crippen LogP contribution in [0.15, 0.2) is 29.1 Å². The molecule has 1 aromatic carbocycles. The van der Waals surface area contributed by atoms with E-state index in [9.17, 15) is 9.59 Å². The number of carbonyl (C=O) groups excluding carboxylic acids is 1. The molecule has 21 heavy (non-hydrogen) atoms. The molecule has 2 heterocycles. The third kappa shape index (κ3) is 2.14. The monoisotopic (exact) mass is 286 g/mol. The summed E-state index contributed by atoms with van der Waals surface area (Å²) in [4.78, 5) is 29.4. The Kier molecular flexibility index (Phi) is 3.10. The number of rotatable bonds is 2. The first-order valence-corrected chi connectivity index (χ1v) is 6.91. The number of fused-ring (bicyclic) bond motifs is 2. The SMILES string of the molecule is CN(C)C(=O)CC1(C)OCc2c1[nH]c1ccccc1c2=O. The van der Waals surface area contributed by atoms with E-state index in [-0.39, 0.29) is 24.4 Å². The fraction of sp³-hybridized carbons (Fsp3) is 0.375. The quantitative estimate of drug-likeness (QED) is 0.915. The Labute approximate surface area is 122 Å². The highest BCUT2D eigenvalue weighted by molar-refractivity contribution is 5.80. The number of nitrogens with one attached hydrogen (secondary N) is 1. The van der Waals surface area contributed by atoms with E-state index in [0.717, 1.165) is 11.2 Å². The van der Waals surface area contributed by atoms with Crippen LogP contribution < -0.4 is 5.43 Å². The summed E-state index contributed by atoms with van der Waals surface area (Å²) in [5, 5.41) is 0.656. The number of nitrogens with zero attached hydrogens (tertiary/aromatic N) is 1. The van der Waals surface area contributed by atoms with Crippen molar-refractivity contribution in [3.8, 4) is 0 Å². The van der Waals surface area contributed by atoms with E-state index in [1.54, 1.807) is 20.2 Å². The fourth-order valence-corrected chi connectivity index (χ4v) is 2.76. The summed E-state index contributed by atoms with van der Waals surface area (Å²) in [5.74, 6) is -0.0284. The topological polar surface area (TPSA) is 62.4 Å². The lowest BCUT2D eigenvalue weighted by Crippen LogP contribution is -2.32. The summed E-state index contributed by atoms with van der Waals surface area (Å²) >= 11 is 0. The molecular weight excluding hydrogens is 268 g/mol. The standard InChI is InChI=1S/C16H18N2O3/c1-16(8-13(19)18(2)3)15-11(9-21-16)14(20)10-6-4-5-7-12(10)17-15/h4-7H,8-9H2,1-3H3,(H,17,20). The number of hydrogen-bond acceptors (Lipinski definition) is 3. The van der Waals surface area contributed by atoms with Crippen molar-refractivity contribution in [3.63, 3.8) is 0 Å². The average Bonchev–Trinajstić information content (AvgIpc) is 2.77. The van der Waals surface area contributed by atoms with Gasteiger partial charge in [0.1, 0.15) is 5.60 Å². The Bertz CT molecular complexity index is 779. The van der Waals surface area contributed by atoms with Gasteiger partial charge < -0.3 is 14.6 Å². The molecule has 1 aromatic heterocycles. The summed E-state index contributed by atoms with van der Waals surface area (Å²) in [5.41, 5.74) is 1.33. The van der Waals surface area contributed by atoms with Crippen LogP contribution in [-0.2, 0) is 21.7 Å². The number of ether oxygens (including phenoxy) is 1. The minimum atomic E-state index is -0.778. The second-order valence-corrected chi connectivity index (χ2v) is 5.84. The van der Waals surface area contributed by atoms with E-state index < -0.39 is 5.60 Å². The Balaban J connectivity index is 2.14. The van der Waals surface area contributed by atoms with Crippen LogP contribution in [0.1, 0.15) is 24.6 Å². The molecule has 110 valence electrons. The molecule has 0 aliphatic carbocycles. The van der Waals surface area contributed by atoms with Crippen molar-refractivity contribution in [2.24, 2.45) is 0 Å². The molecule has 0 spiro atoms. The zero-order valence-corrected chi connectivity index (χ0v) is 12.4. The Morgan fingerprint density at radius 1 is 1.38 bits per heavy atom. The Morgan fingerprint density at radius 3 is 2.81 bits per heavy atom. The van der Waals surface area contributed by atoms with E-state index in [1.807, 2.05) is 25.1 Å². The smallest absolute Gasteiger partial charge is 0.225 e. The first-order valence-electron chi connectivity index (χ1n) is 6.91. The van der Waals surface area contributed by atoms with E-state index >= 15 is 0 Å². The van der Waals surface area contributed by atoms with Crippen molar-refractivity contribution in [2.75, 3.05) is 14.1 Å². The van der Waals surface area contributed by atoms with Crippen LogP contribution >= 0.6 is 0 Å². The number of hydrogen-bond donors (Lipinski definition) is 1. The van der Waals surface area contributed by atoms with Crippen molar-refractivity contribution in [2.45, 2.75) is 25.6 Å². The number of pyridine rings is 1. The van der Waals surface area contributed by atoms with Gasteiger partial charge in [-0.3, -0.25) is 9.59 Å². The first kappa shape index (κ1) is 13.8. The third-order valence-corrected chi connectivity index (χ3v) is 4.06. The van der Waals surface area contributed by atoms with Crippen LogP contribution in [0.2, 0.25) is 0 Å². The zero-order chi connectivity index (χ0) is 15.2. The van der Waals surface area contributed by atoms with Gasteiger partial charge in [0.2, 0.25) is 5.91 Å². The van der Waals surface area contributed by atoms with Gasteiger partial charge in [0.15, 0.2) is 5.43 Å². The summed E-state index contributed by atoms with van der Waals surface area (Å²) in [6.45, 7) is 2.09. The highest BCUT2D eigenvalue weighted by Gasteiger charge is 2.40. The molecule has 5 nitrogen and oxygen atoms in total. The van der Waals surface area contributed by atoms with Crippen LogP contribution in [0.5, 0.6) is 0 Å². The number of amides is 1. The third-order valence-electron chi connectivity index (χ3n) is 4.06. The van der Waals surface area contributed by atoms with Crippen molar-refractivity contribution in [1.29, 1.82) is 0 Å². The van der Waals surface area contributed by atoms with Gasteiger partial charge in [0, 0.05) is 30.6 Å². The normalized spacial score (nSPS) is 20.5. The fourth-order valence-electron chi connectivity index (χ4n) is 2.76. The summed E-state index contributed by atoms with van der Waals surface area (Å²) < 4.78 is 5.81. The predicted molar refractivity (Wildman–Crippen MR) is 80.0 cm³/mol. The van der Waals surface area contributed by atoms with E-state index in [0.29, 0.717) is 10.9 Å². The Morgan fingerprint density at radius 2 is 2.10 bits per heavy atom. The molecule has 0 bridgehead atoms. The Hall–Kier alpha value is -2.14. The maximum absolute atomic E-state index is 12.5.